The second kappa shape index (κ2) is 5.13. The van der Waals surface area contributed by atoms with E-state index in [4.69, 9.17) is 4.74 Å². The third-order valence-corrected chi connectivity index (χ3v) is 5.23. The molecule has 0 unspecified atom stereocenters. The number of fused-ring (bicyclic) bond motifs is 1. The summed E-state index contributed by atoms with van der Waals surface area (Å²) in [6.07, 6.45) is 6.30. The quantitative estimate of drug-likeness (QED) is 0.553. The average molecular weight is 256 g/mol. The van der Waals surface area contributed by atoms with Crippen LogP contribution in [0.3, 0.4) is 0 Å². The molecule has 0 heterocycles. The van der Waals surface area contributed by atoms with Crippen molar-refractivity contribution in [3.63, 3.8) is 0 Å². The van der Waals surface area contributed by atoms with Crippen molar-refractivity contribution in [1.29, 1.82) is 0 Å². The number of benzene rings is 1. The Balaban J connectivity index is 1.45. The molecule has 0 amide bonds. The molecule has 0 spiro atoms. The summed E-state index contributed by atoms with van der Waals surface area (Å²) in [5.74, 6) is 1.76. The van der Waals surface area contributed by atoms with Crippen LogP contribution in [0.15, 0.2) is 42.0 Å². The van der Waals surface area contributed by atoms with Gasteiger partial charge in [0.15, 0.2) is 0 Å². The number of hydrogen-bond donors (Lipinski definition) is 0. The SMILES string of the molecule is CC1(C)[C@H]2CC=C(CCOCc3ccccc3)[C@H]1C2. The van der Waals surface area contributed by atoms with Crippen LogP contribution in [-0.2, 0) is 11.3 Å². The summed E-state index contributed by atoms with van der Waals surface area (Å²) >= 11 is 0. The van der Waals surface area contributed by atoms with Crippen molar-refractivity contribution in [2.75, 3.05) is 6.61 Å². The first-order valence-electron chi connectivity index (χ1n) is 7.48. The van der Waals surface area contributed by atoms with Crippen molar-refractivity contribution in [2.45, 2.75) is 39.7 Å². The van der Waals surface area contributed by atoms with Crippen LogP contribution in [0.1, 0.15) is 38.7 Å². The zero-order valence-electron chi connectivity index (χ0n) is 12.1. The Morgan fingerprint density at radius 1 is 1.21 bits per heavy atom. The van der Waals surface area contributed by atoms with E-state index in [-0.39, 0.29) is 0 Å². The molecule has 0 saturated heterocycles. The van der Waals surface area contributed by atoms with Gasteiger partial charge in [0.25, 0.3) is 0 Å². The first-order valence-corrected chi connectivity index (χ1v) is 7.48. The first-order chi connectivity index (χ1) is 9.18. The highest BCUT2D eigenvalue weighted by Gasteiger charge is 2.50. The molecule has 102 valence electrons. The molecule has 3 aliphatic carbocycles. The minimum atomic E-state index is 0.545. The van der Waals surface area contributed by atoms with Gasteiger partial charge in [-0.2, -0.15) is 0 Å². The van der Waals surface area contributed by atoms with Gasteiger partial charge < -0.3 is 4.74 Å². The number of ether oxygens (including phenoxy) is 1. The average Bonchev–Trinajstić information content (AvgIpc) is 2.45. The lowest BCUT2D eigenvalue weighted by Gasteiger charge is -2.56. The molecule has 3 aliphatic rings. The maximum Gasteiger partial charge on any atom is 0.0717 e. The third kappa shape index (κ3) is 2.49. The van der Waals surface area contributed by atoms with Crippen LogP contribution in [-0.4, -0.2) is 6.61 Å². The Bertz CT molecular complexity index is 458. The monoisotopic (exact) mass is 256 g/mol. The molecule has 0 aliphatic heterocycles. The van der Waals surface area contributed by atoms with Gasteiger partial charge in [-0.25, -0.2) is 0 Å². The van der Waals surface area contributed by atoms with Gasteiger partial charge in [-0.1, -0.05) is 55.8 Å². The van der Waals surface area contributed by atoms with Crippen LogP contribution < -0.4 is 0 Å². The highest BCUT2D eigenvalue weighted by Crippen LogP contribution is 2.59. The molecule has 0 N–H and O–H groups in total. The molecule has 1 nitrogen and oxygen atoms in total. The first kappa shape index (κ1) is 12.9. The molecule has 1 heteroatoms. The third-order valence-electron chi connectivity index (χ3n) is 5.23. The van der Waals surface area contributed by atoms with Gasteiger partial charge in [-0.3, -0.25) is 0 Å². The van der Waals surface area contributed by atoms with Crippen molar-refractivity contribution < 1.29 is 4.74 Å². The van der Waals surface area contributed by atoms with E-state index in [1.807, 2.05) is 6.07 Å². The van der Waals surface area contributed by atoms with E-state index in [1.54, 1.807) is 5.57 Å². The Morgan fingerprint density at radius 3 is 2.68 bits per heavy atom. The minimum absolute atomic E-state index is 0.545. The summed E-state index contributed by atoms with van der Waals surface area (Å²) < 4.78 is 5.82. The minimum Gasteiger partial charge on any atom is -0.376 e. The normalized spacial score (nSPS) is 27.6. The second-order valence-electron chi connectivity index (χ2n) is 6.61. The molecule has 1 aromatic carbocycles. The Morgan fingerprint density at radius 2 is 2.00 bits per heavy atom. The van der Waals surface area contributed by atoms with E-state index in [2.05, 4.69) is 44.2 Å². The van der Waals surface area contributed by atoms with Crippen LogP contribution in [0.5, 0.6) is 0 Å². The molecule has 2 bridgehead atoms. The number of allylic oxidation sites excluding steroid dienone is 1. The lowest BCUT2D eigenvalue weighted by atomic mass is 9.48. The van der Waals surface area contributed by atoms with Crippen LogP contribution in [0, 0.1) is 17.3 Å². The summed E-state index contributed by atoms with van der Waals surface area (Å²) in [4.78, 5) is 0. The van der Waals surface area contributed by atoms with Crippen LogP contribution in [0.25, 0.3) is 0 Å². The van der Waals surface area contributed by atoms with Crippen molar-refractivity contribution in [3.05, 3.63) is 47.5 Å². The van der Waals surface area contributed by atoms with Gasteiger partial charge in [-0.15, -0.1) is 0 Å². The Hall–Kier alpha value is -1.08. The molecule has 4 rings (SSSR count). The second-order valence-corrected chi connectivity index (χ2v) is 6.61. The molecule has 1 aromatic rings. The van der Waals surface area contributed by atoms with Gasteiger partial charge in [0.1, 0.15) is 0 Å². The zero-order chi connectivity index (χ0) is 13.3. The standard InChI is InChI=1S/C18H24O/c1-18(2)16-9-8-15(17(18)12-16)10-11-19-13-14-6-4-3-5-7-14/h3-8,16-17H,9-13H2,1-2H3/t16-,17+/m0/s1. The Labute approximate surface area is 116 Å². The van der Waals surface area contributed by atoms with Gasteiger partial charge in [0.05, 0.1) is 13.2 Å². The van der Waals surface area contributed by atoms with Crippen LogP contribution >= 0.6 is 0 Å². The zero-order valence-corrected chi connectivity index (χ0v) is 12.1. The van der Waals surface area contributed by atoms with Gasteiger partial charge in [-0.05, 0) is 42.1 Å². The van der Waals surface area contributed by atoms with Gasteiger partial charge >= 0.3 is 0 Å². The van der Waals surface area contributed by atoms with Crippen molar-refractivity contribution >= 4 is 0 Å². The summed E-state index contributed by atoms with van der Waals surface area (Å²) in [7, 11) is 0. The highest BCUT2D eigenvalue weighted by molar-refractivity contribution is 5.23. The molecule has 0 aromatic heterocycles. The summed E-state index contributed by atoms with van der Waals surface area (Å²) in [5.41, 5.74) is 3.47. The van der Waals surface area contributed by atoms with Gasteiger partial charge in [0.2, 0.25) is 0 Å². The van der Waals surface area contributed by atoms with E-state index < -0.39 is 0 Å². The maximum absolute atomic E-state index is 5.82. The topological polar surface area (TPSA) is 9.23 Å². The van der Waals surface area contributed by atoms with Crippen LogP contribution in [0.2, 0.25) is 0 Å². The van der Waals surface area contributed by atoms with E-state index in [9.17, 15) is 0 Å². The summed E-state index contributed by atoms with van der Waals surface area (Å²) in [6, 6.07) is 10.4. The van der Waals surface area contributed by atoms with E-state index in [0.717, 1.165) is 31.5 Å². The largest absolute Gasteiger partial charge is 0.376 e. The predicted octanol–water partition coefficient (Wildman–Crippen LogP) is 4.59. The van der Waals surface area contributed by atoms with Crippen molar-refractivity contribution in [3.8, 4) is 0 Å². The van der Waals surface area contributed by atoms with E-state index >= 15 is 0 Å². The lowest BCUT2D eigenvalue weighted by molar-refractivity contribution is -0.0112. The molecular weight excluding hydrogens is 232 g/mol. The maximum atomic E-state index is 5.82. The molecular formula is C18H24O. The van der Waals surface area contributed by atoms with Crippen molar-refractivity contribution in [1.82, 2.24) is 0 Å². The fourth-order valence-electron chi connectivity index (χ4n) is 3.71. The molecule has 19 heavy (non-hydrogen) atoms. The molecule has 2 atom stereocenters. The highest BCUT2D eigenvalue weighted by atomic mass is 16.5. The lowest BCUT2D eigenvalue weighted by Crippen LogP contribution is -2.48. The fourth-order valence-corrected chi connectivity index (χ4v) is 3.71. The number of hydrogen-bond acceptors (Lipinski definition) is 1. The van der Waals surface area contributed by atoms with Crippen molar-refractivity contribution in [2.24, 2.45) is 17.3 Å². The summed E-state index contributed by atoms with van der Waals surface area (Å²) in [6.45, 7) is 6.47. The van der Waals surface area contributed by atoms with E-state index in [1.165, 1.54) is 18.4 Å². The fraction of sp³-hybridized carbons (Fsp3) is 0.556. The predicted molar refractivity (Wildman–Crippen MR) is 78.8 cm³/mol. The van der Waals surface area contributed by atoms with Crippen LogP contribution in [0.4, 0.5) is 0 Å². The number of rotatable bonds is 5. The molecule has 1 saturated carbocycles. The molecule has 0 radical (unpaired) electrons. The van der Waals surface area contributed by atoms with E-state index in [0.29, 0.717) is 5.41 Å². The molecule has 1 fully saturated rings. The summed E-state index contributed by atoms with van der Waals surface area (Å²) in [5, 5.41) is 0. The van der Waals surface area contributed by atoms with Gasteiger partial charge in [0, 0.05) is 0 Å². The smallest absolute Gasteiger partial charge is 0.0717 e. The Kier molecular flexibility index (Phi) is 3.49.